The minimum atomic E-state index is -0.270. The van der Waals surface area contributed by atoms with Crippen molar-refractivity contribution in [2.24, 2.45) is 17.6 Å². The van der Waals surface area contributed by atoms with Gasteiger partial charge in [-0.05, 0) is 37.8 Å². The van der Waals surface area contributed by atoms with E-state index in [2.05, 4.69) is 6.92 Å². The summed E-state index contributed by atoms with van der Waals surface area (Å²) in [6.07, 6.45) is 3.92. The van der Waals surface area contributed by atoms with Crippen LogP contribution in [-0.2, 0) is 9.59 Å². The molecule has 0 bridgehead atoms. The van der Waals surface area contributed by atoms with Crippen LogP contribution in [-0.4, -0.2) is 54.9 Å². The Bertz CT molecular complexity index is 693. The number of para-hydroxylation sites is 1. The second-order valence-corrected chi connectivity index (χ2v) is 7.95. The lowest BCUT2D eigenvalue weighted by Crippen LogP contribution is -2.49. The highest BCUT2D eigenvalue weighted by Crippen LogP contribution is 2.42. The molecule has 0 saturated carbocycles. The van der Waals surface area contributed by atoms with Gasteiger partial charge in [-0.3, -0.25) is 9.59 Å². The molecule has 1 aromatic rings. The number of amides is 2. The van der Waals surface area contributed by atoms with Crippen LogP contribution in [0.3, 0.4) is 0 Å². The zero-order valence-corrected chi connectivity index (χ0v) is 17.1. The molecule has 6 heteroatoms. The van der Waals surface area contributed by atoms with Crippen molar-refractivity contribution < 1.29 is 14.3 Å². The third-order valence-electron chi connectivity index (χ3n) is 6.16. The van der Waals surface area contributed by atoms with Crippen molar-refractivity contribution in [3.8, 4) is 5.75 Å². The Kier molecular flexibility index (Phi) is 6.94. The van der Waals surface area contributed by atoms with Crippen molar-refractivity contribution in [1.82, 2.24) is 9.80 Å². The SMILES string of the molecule is CCCCN1C(=O)CC[C@H](C(=O)N2CC[C@@H](CN)C2)[C@H]1c1ccccc1OC. The number of hydrogen-bond acceptors (Lipinski definition) is 4. The van der Waals surface area contributed by atoms with Gasteiger partial charge in [0.15, 0.2) is 0 Å². The second kappa shape index (κ2) is 9.41. The number of unbranched alkanes of at least 4 members (excludes halogenated alkanes) is 1. The lowest BCUT2D eigenvalue weighted by Gasteiger charge is -2.42. The number of nitrogens with two attached hydrogens (primary N) is 1. The first-order valence-electron chi connectivity index (χ1n) is 10.5. The molecule has 0 aromatic heterocycles. The van der Waals surface area contributed by atoms with Gasteiger partial charge in [-0.15, -0.1) is 0 Å². The lowest BCUT2D eigenvalue weighted by molar-refractivity contribution is -0.147. The number of ether oxygens (including phenoxy) is 1. The van der Waals surface area contributed by atoms with E-state index >= 15 is 0 Å². The first-order valence-corrected chi connectivity index (χ1v) is 10.5. The highest BCUT2D eigenvalue weighted by atomic mass is 16.5. The van der Waals surface area contributed by atoms with Gasteiger partial charge in [0, 0.05) is 31.6 Å². The van der Waals surface area contributed by atoms with E-state index in [1.807, 2.05) is 34.1 Å². The van der Waals surface area contributed by atoms with E-state index in [0.717, 1.165) is 43.7 Å². The molecule has 0 aliphatic carbocycles. The van der Waals surface area contributed by atoms with Crippen molar-refractivity contribution in [1.29, 1.82) is 0 Å². The zero-order valence-electron chi connectivity index (χ0n) is 17.1. The molecule has 3 rings (SSSR count). The maximum atomic E-state index is 13.5. The normalized spacial score (nSPS) is 25.2. The minimum absolute atomic E-state index is 0.134. The predicted octanol–water partition coefficient (Wildman–Crippen LogP) is 2.58. The molecule has 0 spiro atoms. The Labute approximate surface area is 168 Å². The number of likely N-dealkylation sites (tertiary alicyclic amines) is 2. The quantitative estimate of drug-likeness (QED) is 0.780. The van der Waals surface area contributed by atoms with E-state index in [1.54, 1.807) is 7.11 Å². The van der Waals surface area contributed by atoms with Crippen molar-refractivity contribution in [2.45, 2.75) is 45.1 Å². The molecular formula is C22H33N3O3. The Morgan fingerprint density at radius 1 is 1.29 bits per heavy atom. The number of benzene rings is 1. The van der Waals surface area contributed by atoms with Crippen LogP contribution >= 0.6 is 0 Å². The number of rotatable bonds is 7. The van der Waals surface area contributed by atoms with Gasteiger partial charge in [0.1, 0.15) is 5.75 Å². The fourth-order valence-electron chi connectivity index (χ4n) is 4.56. The van der Waals surface area contributed by atoms with Gasteiger partial charge in [-0.25, -0.2) is 0 Å². The number of piperidine rings is 1. The number of hydrogen-bond donors (Lipinski definition) is 1. The van der Waals surface area contributed by atoms with Gasteiger partial charge in [0.25, 0.3) is 0 Å². The molecule has 154 valence electrons. The number of carbonyl (C=O) groups excluding carboxylic acids is 2. The van der Waals surface area contributed by atoms with Gasteiger partial charge in [0.05, 0.1) is 19.1 Å². The van der Waals surface area contributed by atoms with Crippen molar-refractivity contribution in [2.75, 3.05) is 33.3 Å². The summed E-state index contributed by atoms with van der Waals surface area (Å²) in [4.78, 5) is 30.2. The molecule has 1 aromatic carbocycles. The molecule has 2 aliphatic heterocycles. The lowest BCUT2D eigenvalue weighted by atomic mass is 9.82. The van der Waals surface area contributed by atoms with Crippen LogP contribution in [0.15, 0.2) is 24.3 Å². The van der Waals surface area contributed by atoms with E-state index < -0.39 is 0 Å². The standard InChI is InChI=1S/C22H33N3O3/c1-3-4-12-25-20(26)10-9-18(22(27)24-13-11-16(14-23)15-24)21(25)17-7-5-6-8-19(17)28-2/h5-8,16,18,21H,3-4,9-15,23H2,1-2H3/t16-,18-,21+/m0/s1. The molecule has 0 unspecified atom stereocenters. The van der Waals surface area contributed by atoms with E-state index in [1.165, 1.54) is 0 Å². The van der Waals surface area contributed by atoms with Crippen LogP contribution in [0.25, 0.3) is 0 Å². The Morgan fingerprint density at radius 2 is 2.07 bits per heavy atom. The molecule has 2 aliphatic rings. The van der Waals surface area contributed by atoms with Crippen LogP contribution < -0.4 is 10.5 Å². The first kappa shape index (κ1) is 20.6. The first-order chi connectivity index (χ1) is 13.6. The largest absolute Gasteiger partial charge is 0.496 e. The topological polar surface area (TPSA) is 75.9 Å². The van der Waals surface area contributed by atoms with Gasteiger partial charge in [0.2, 0.25) is 11.8 Å². The summed E-state index contributed by atoms with van der Waals surface area (Å²) in [5.74, 6) is 1.18. The highest BCUT2D eigenvalue weighted by Gasteiger charge is 2.43. The van der Waals surface area contributed by atoms with E-state index in [0.29, 0.717) is 31.8 Å². The zero-order chi connectivity index (χ0) is 20.1. The Balaban J connectivity index is 1.94. The van der Waals surface area contributed by atoms with Crippen LogP contribution in [0.1, 0.15) is 50.6 Å². The fraction of sp³-hybridized carbons (Fsp3) is 0.636. The molecule has 2 amide bonds. The van der Waals surface area contributed by atoms with Gasteiger partial charge >= 0.3 is 0 Å². The van der Waals surface area contributed by atoms with Gasteiger partial charge < -0.3 is 20.3 Å². The van der Waals surface area contributed by atoms with Crippen molar-refractivity contribution in [3.63, 3.8) is 0 Å². The van der Waals surface area contributed by atoms with E-state index in [4.69, 9.17) is 10.5 Å². The van der Waals surface area contributed by atoms with Gasteiger partial charge in [-0.2, -0.15) is 0 Å². The molecule has 28 heavy (non-hydrogen) atoms. The predicted molar refractivity (Wildman–Crippen MR) is 109 cm³/mol. The summed E-state index contributed by atoms with van der Waals surface area (Å²) < 4.78 is 5.60. The number of nitrogens with zero attached hydrogens (tertiary/aromatic N) is 2. The average molecular weight is 388 g/mol. The molecule has 2 fully saturated rings. The second-order valence-electron chi connectivity index (χ2n) is 7.95. The van der Waals surface area contributed by atoms with Crippen molar-refractivity contribution in [3.05, 3.63) is 29.8 Å². The molecule has 6 nitrogen and oxygen atoms in total. The summed E-state index contributed by atoms with van der Waals surface area (Å²) in [6, 6.07) is 7.51. The average Bonchev–Trinajstić information content (AvgIpc) is 3.21. The van der Waals surface area contributed by atoms with E-state index in [-0.39, 0.29) is 23.8 Å². The monoisotopic (exact) mass is 387 g/mol. The molecule has 2 N–H and O–H groups in total. The maximum Gasteiger partial charge on any atom is 0.228 e. The van der Waals surface area contributed by atoms with Crippen LogP contribution in [0, 0.1) is 11.8 Å². The smallest absolute Gasteiger partial charge is 0.228 e. The van der Waals surface area contributed by atoms with Crippen LogP contribution in [0.4, 0.5) is 0 Å². The summed E-state index contributed by atoms with van der Waals surface area (Å²) in [5, 5.41) is 0. The Morgan fingerprint density at radius 3 is 2.75 bits per heavy atom. The van der Waals surface area contributed by atoms with Gasteiger partial charge in [-0.1, -0.05) is 31.5 Å². The summed E-state index contributed by atoms with van der Waals surface area (Å²) in [7, 11) is 1.64. The van der Waals surface area contributed by atoms with Crippen LogP contribution in [0.5, 0.6) is 5.75 Å². The number of carbonyl (C=O) groups is 2. The molecule has 2 heterocycles. The van der Waals surface area contributed by atoms with Crippen LogP contribution in [0.2, 0.25) is 0 Å². The Hall–Kier alpha value is -2.08. The fourth-order valence-corrected chi connectivity index (χ4v) is 4.56. The molecule has 2 saturated heterocycles. The summed E-state index contributed by atoms with van der Waals surface area (Å²) in [5.41, 5.74) is 6.75. The highest BCUT2D eigenvalue weighted by molar-refractivity contribution is 5.85. The minimum Gasteiger partial charge on any atom is -0.496 e. The third kappa shape index (κ3) is 4.17. The van der Waals surface area contributed by atoms with E-state index in [9.17, 15) is 9.59 Å². The molecular weight excluding hydrogens is 354 g/mol. The summed E-state index contributed by atoms with van der Waals surface area (Å²) >= 11 is 0. The number of methoxy groups -OCH3 is 1. The van der Waals surface area contributed by atoms with Crippen molar-refractivity contribution >= 4 is 11.8 Å². The molecule has 0 radical (unpaired) electrons. The third-order valence-corrected chi connectivity index (χ3v) is 6.16. The summed E-state index contributed by atoms with van der Waals surface area (Å²) in [6.45, 7) is 4.90. The molecule has 3 atom stereocenters. The maximum absolute atomic E-state index is 13.5.